The number of benzene rings is 1. The zero-order chi connectivity index (χ0) is 16.2. The fraction of sp³-hybridized carbons (Fsp3) is 0.588. The Morgan fingerprint density at radius 1 is 1.45 bits per heavy atom. The molecule has 0 aliphatic carbocycles. The summed E-state index contributed by atoms with van der Waals surface area (Å²) in [6.07, 6.45) is 2.25. The molecule has 1 atom stereocenters. The summed E-state index contributed by atoms with van der Waals surface area (Å²) in [5.41, 5.74) is 0.863. The molecule has 0 saturated heterocycles. The van der Waals surface area contributed by atoms with Crippen LogP contribution in [0.2, 0.25) is 0 Å². The molecule has 122 valence electrons. The van der Waals surface area contributed by atoms with Crippen LogP contribution < -0.4 is 15.4 Å². The predicted molar refractivity (Wildman–Crippen MR) is 91.5 cm³/mol. The van der Waals surface area contributed by atoms with Gasteiger partial charge in [0.25, 0.3) is 0 Å². The second-order valence-corrected chi connectivity index (χ2v) is 7.43. The summed E-state index contributed by atoms with van der Waals surface area (Å²) in [6.45, 7) is 4.59. The standard InChI is InChI=1S/C17H26N2O2S/c1-17(2,16(20)18-3)11-19-14-6-5-9-22-15-8-7-12(21-4)10-13(14)15/h7-8,10,14,19H,5-6,9,11H2,1-4H3,(H,18,20). The summed E-state index contributed by atoms with van der Waals surface area (Å²) in [5.74, 6) is 2.09. The third-order valence-electron chi connectivity index (χ3n) is 4.12. The van der Waals surface area contributed by atoms with Crippen molar-refractivity contribution in [3.63, 3.8) is 0 Å². The van der Waals surface area contributed by atoms with Gasteiger partial charge in [0.15, 0.2) is 0 Å². The van der Waals surface area contributed by atoms with Gasteiger partial charge in [-0.1, -0.05) is 0 Å². The quantitative estimate of drug-likeness (QED) is 0.875. The first-order valence-electron chi connectivity index (χ1n) is 7.74. The third kappa shape index (κ3) is 3.96. The Labute approximate surface area is 137 Å². The molecule has 1 aliphatic heterocycles. The second-order valence-electron chi connectivity index (χ2n) is 6.29. The Hall–Kier alpha value is -1.20. The van der Waals surface area contributed by atoms with Crippen molar-refractivity contribution >= 4 is 17.7 Å². The second kappa shape index (κ2) is 7.38. The van der Waals surface area contributed by atoms with E-state index in [9.17, 15) is 4.79 Å². The number of hydrogen-bond acceptors (Lipinski definition) is 4. The van der Waals surface area contributed by atoms with Crippen molar-refractivity contribution in [3.05, 3.63) is 23.8 Å². The highest BCUT2D eigenvalue weighted by Crippen LogP contribution is 2.37. The number of fused-ring (bicyclic) bond motifs is 1. The van der Waals surface area contributed by atoms with Gasteiger partial charge in [-0.2, -0.15) is 0 Å². The van der Waals surface area contributed by atoms with Crippen LogP contribution in [-0.2, 0) is 4.79 Å². The van der Waals surface area contributed by atoms with E-state index in [4.69, 9.17) is 4.74 Å². The number of carbonyl (C=O) groups is 1. The van der Waals surface area contributed by atoms with Crippen LogP contribution in [0.25, 0.3) is 0 Å². The van der Waals surface area contributed by atoms with E-state index in [0.717, 1.165) is 17.9 Å². The molecule has 5 heteroatoms. The summed E-state index contributed by atoms with van der Waals surface area (Å²) >= 11 is 1.90. The molecular formula is C17H26N2O2S. The lowest BCUT2D eigenvalue weighted by molar-refractivity contribution is -0.128. The van der Waals surface area contributed by atoms with Crippen molar-refractivity contribution in [2.45, 2.75) is 37.6 Å². The van der Waals surface area contributed by atoms with Crippen molar-refractivity contribution in [2.75, 3.05) is 26.5 Å². The smallest absolute Gasteiger partial charge is 0.226 e. The summed E-state index contributed by atoms with van der Waals surface area (Å²) in [5, 5.41) is 6.33. The Morgan fingerprint density at radius 3 is 2.91 bits per heavy atom. The molecule has 0 saturated carbocycles. The lowest BCUT2D eigenvalue weighted by Gasteiger charge is -2.27. The first kappa shape index (κ1) is 17.2. The molecule has 2 N–H and O–H groups in total. The van der Waals surface area contributed by atoms with Gasteiger partial charge < -0.3 is 15.4 Å². The fourth-order valence-electron chi connectivity index (χ4n) is 2.69. The van der Waals surface area contributed by atoms with Crippen molar-refractivity contribution in [3.8, 4) is 5.75 Å². The van der Waals surface area contributed by atoms with E-state index in [1.54, 1.807) is 14.2 Å². The van der Waals surface area contributed by atoms with Gasteiger partial charge in [0, 0.05) is 24.5 Å². The highest BCUT2D eigenvalue weighted by molar-refractivity contribution is 7.99. The number of methoxy groups -OCH3 is 1. The number of thioether (sulfide) groups is 1. The van der Waals surface area contributed by atoms with Crippen molar-refractivity contribution < 1.29 is 9.53 Å². The monoisotopic (exact) mass is 322 g/mol. The average molecular weight is 322 g/mol. The largest absolute Gasteiger partial charge is 0.497 e. The topological polar surface area (TPSA) is 50.4 Å². The molecule has 0 spiro atoms. The molecule has 1 heterocycles. The van der Waals surface area contributed by atoms with Gasteiger partial charge in [0.2, 0.25) is 5.91 Å². The van der Waals surface area contributed by atoms with Gasteiger partial charge in [-0.15, -0.1) is 11.8 Å². The van der Waals surface area contributed by atoms with E-state index in [-0.39, 0.29) is 11.9 Å². The Morgan fingerprint density at radius 2 is 2.23 bits per heavy atom. The molecule has 1 aromatic rings. The molecule has 0 aromatic heterocycles. The van der Waals surface area contributed by atoms with E-state index < -0.39 is 5.41 Å². The molecule has 1 aromatic carbocycles. The van der Waals surface area contributed by atoms with E-state index in [0.29, 0.717) is 6.54 Å². The Balaban J connectivity index is 2.16. The van der Waals surface area contributed by atoms with Crippen LogP contribution in [-0.4, -0.2) is 32.4 Å². The third-order valence-corrected chi connectivity index (χ3v) is 5.29. The lowest BCUT2D eigenvalue weighted by atomic mass is 9.91. The molecule has 2 rings (SSSR count). The van der Waals surface area contributed by atoms with Gasteiger partial charge in [-0.05, 0) is 56.2 Å². The SMILES string of the molecule is CNC(=O)C(C)(C)CNC1CCCSc2ccc(OC)cc21. The molecule has 22 heavy (non-hydrogen) atoms. The van der Waals surface area contributed by atoms with Crippen LogP contribution >= 0.6 is 11.8 Å². The molecule has 0 bridgehead atoms. The minimum absolute atomic E-state index is 0.0638. The predicted octanol–water partition coefficient (Wildman–Crippen LogP) is 2.98. The number of rotatable bonds is 5. The summed E-state index contributed by atoms with van der Waals surface area (Å²) in [4.78, 5) is 13.3. The maximum atomic E-state index is 11.9. The zero-order valence-corrected chi connectivity index (χ0v) is 14.7. The average Bonchev–Trinajstić information content (AvgIpc) is 2.73. The Kier molecular flexibility index (Phi) is 5.75. The normalized spacial score (nSPS) is 18.3. The van der Waals surface area contributed by atoms with Crippen molar-refractivity contribution in [2.24, 2.45) is 5.41 Å². The van der Waals surface area contributed by atoms with Crippen molar-refractivity contribution in [1.29, 1.82) is 0 Å². The summed E-state index contributed by atoms with van der Waals surface area (Å²) in [7, 11) is 3.38. The van der Waals surface area contributed by atoms with E-state index in [1.165, 1.54) is 16.9 Å². The van der Waals surface area contributed by atoms with Crippen LogP contribution in [0.1, 0.15) is 38.3 Å². The molecule has 1 amide bonds. The first-order valence-corrected chi connectivity index (χ1v) is 8.73. The molecule has 0 radical (unpaired) electrons. The number of ether oxygens (including phenoxy) is 1. The molecule has 4 nitrogen and oxygen atoms in total. The molecule has 0 fully saturated rings. The molecule has 1 unspecified atom stereocenters. The van der Waals surface area contributed by atoms with Gasteiger partial charge >= 0.3 is 0 Å². The fourth-order valence-corrected chi connectivity index (χ4v) is 3.75. The van der Waals surface area contributed by atoms with E-state index in [1.807, 2.05) is 31.7 Å². The summed E-state index contributed by atoms with van der Waals surface area (Å²) in [6, 6.07) is 6.55. The van der Waals surface area contributed by atoms with Crippen molar-refractivity contribution in [1.82, 2.24) is 10.6 Å². The van der Waals surface area contributed by atoms with Gasteiger partial charge in [0.05, 0.1) is 12.5 Å². The number of hydrogen-bond donors (Lipinski definition) is 2. The minimum atomic E-state index is -0.423. The van der Waals surface area contributed by atoms with Gasteiger partial charge in [0.1, 0.15) is 5.75 Å². The zero-order valence-electron chi connectivity index (χ0n) is 13.9. The highest BCUT2D eigenvalue weighted by Gasteiger charge is 2.28. The van der Waals surface area contributed by atoms with Crippen LogP contribution in [0.15, 0.2) is 23.1 Å². The number of carbonyl (C=O) groups excluding carboxylic acids is 1. The van der Waals surface area contributed by atoms with Gasteiger partial charge in [-0.3, -0.25) is 4.79 Å². The maximum Gasteiger partial charge on any atom is 0.226 e. The molecular weight excluding hydrogens is 296 g/mol. The highest BCUT2D eigenvalue weighted by atomic mass is 32.2. The van der Waals surface area contributed by atoms with E-state index >= 15 is 0 Å². The minimum Gasteiger partial charge on any atom is -0.497 e. The first-order chi connectivity index (χ1) is 10.5. The number of nitrogens with one attached hydrogen (secondary N) is 2. The lowest BCUT2D eigenvalue weighted by Crippen LogP contribution is -2.43. The number of amides is 1. The maximum absolute atomic E-state index is 11.9. The van der Waals surface area contributed by atoms with Crippen LogP contribution in [0, 0.1) is 5.41 Å². The van der Waals surface area contributed by atoms with Crippen LogP contribution in [0.4, 0.5) is 0 Å². The van der Waals surface area contributed by atoms with Crippen LogP contribution in [0.3, 0.4) is 0 Å². The van der Waals surface area contributed by atoms with Gasteiger partial charge in [-0.25, -0.2) is 0 Å². The Bertz CT molecular complexity index is 531. The summed E-state index contributed by atoms with van der Waals surface area (Å²) < 4.78 is 5.37. The van der Waals surface area contributed by atoms with E-state index in [2.05, 4.69) is 22.8 Å². The molecule has 1 aliphatic rings. The van der Waals surface area contributed by atoms with Crippen LogP contribution in [0.5, 0.6) is 5.75 Å².